The van der Waals surface area contributed by atoms with E-state index in [1.165, 1.54) is 25.7 Å². The molecule has 0 unspecified atom stereocenters. The van der Waals surface area contributed by atoms with Crippen LogP contribution in [0.3, 0.4) is 0 Å². The van der Waals surface area contributed by atoms with Crippen LogP contribution in [-0.2, 0) is 0 Å². The molecule has 1 aromatic heterocycles. The van der Waals surface area contributed by atoms with Crippen molar-refractivity contribution >= 4 is 17.4 Å². The van der Waals surface area contributed by atoms with Crippen molar-refractivity contribution in [2.45, 2.75) is 39.5 Å². The minimum Gasteiger partial charge on any atom is -0.370 e. The summed E-state index contributed by atoms with van der Waals surface area (Å²) in [6, 6.07) is 0. The third-order valence-electron chi connectivity index (χ3n) is 3.27. The van der Waals surface area contributed by atoms with Gasteiger partial charge < -0.3 is 5.32 Å². The monoisotopic (exact) mass is 239 g/mol. The van der Waals surface area contributed by atoms with Crippen molar-refractivity contribution in [2.75, 3.05) is 11.9 Å². The lowest BCUT2D eigenvalue weighted by Crippen LogP contribution is -2.16. The number of hydrogen-bond donors (Lipinski definition) is 1. The van der Waals surface area contributed by atoms with Gasteiger partial charge in [0.2, 0.25) is 0 Å². The lowest BCUT2D eigenvalue weighted by molar-refractivity contribution is 0.303. The first-order valence-corrected chi connectivity index (χ1v) is 6.29. The highest BCUT2D eigenvalue weighted by molar-refractivity contribution is 6.30. The molecule has 1 aliphatic carbocycles. The summed E-state index contributed by atoms with van der Waals surface area (Å²) in [6.45, 7) is 4.80. The number of hydrogen-bond acceptors (Lipinski definition) is 3. The maximum atomic E-state index is 6.01. The Balaban J connectivity index is 1.92. The van der Waals surface area contributed by atoms with Crippen molar-refractivity contribution in [1.29, 1.82) is 0 Å². The van der Waals surface area contributed by atoms with E-state index in [1.54, 1.807) is 0 Å². The van der Waals surface area contributed by atoms with E-state index in [0.29, 0.717) is 5.15 Å². The second-order valence-electron chi connectivity index (χ2n) is 4.55. The van der Waals surface area contributed by atoms with Gasteiger partial charge >= 0.3 is 0 Å². The van der Waals surface area contributed by atoms with Gasteiger partial charge in [-0.1, -0.05) is 30.9 Å². The highest BCUT2D eigenvalue weighted by Crippen LogP contribution is 2.29. The van der Waals surface area contributed by atoms with E-state index in [-0.39, 0.29) is 0 Å². The predicted octanol–water partition coefficient (Wildman–Crippen LogP) is 3.35. The molecule has 1 fully saturated rings. The Bertz CT molecular complexity index is 375. The summed E-state index contributed by atoms with van der Waals surface area (Å²) in [5.74, 6) is 2.53. The van der Waals surface area contributed by atoms with Gasteiger partial charge in [0.1, 0.15) is 16.8 Å². The molecule has 0 amide bonds. The molecule has 2 rings (SSSR count). The zero-order valence-electron chi connectivity index (χ0n) is 9.89. The van der Waals surface area contributed by atoms with Gasteiger partial charge in [0.15, 0.2) is 0 Å². The Labute approximate surface area is 102 Å². The fourth-order valence-electron chi connectivity index (χ4n) is 1.94. The summed E-state index contributed by atoms with van der Waals surface area (Å²) >= 11 is 6.01. The summed E-state index contributed by atoms with van der Waals surface area (Å²) in [7, 11) is 0. The molecule has 16 heavy (non-hydrogen) atoms. The summed E-state index contributed by atoms with van der Waals surface area (Å²) in [6.07, 6.45) is 5.43. The molecule has 1 saturated carbocycles. The second kappa shape index (κ2) is 5.00. The molecule has 0 radical (unpaired) electrons. The average Bonchev–Trinajstić information content (AvgIpc) is 2.16. The molecule has 0 aliphatic heterocycles. The maximum absolute atomic E-state index is 6.01. The number of rotatable bonds is 4. The standard InChI is InChI=1S/C12H18ClN3/c1-8-11(13)15-9(2)16-12(8)14-7-6-10-4-3-5-10/h10H,3-7H2,1-2H3,(H,14,15,16). The van der Waals surface area contributed by atoms with Crippen LogP contribution >= 0.6 is 11.6 Å². The zero-order chi connectivity index (χ0) is 11.5. The highest BCUT2D eigenvalue weighted by Gasteiger charge is 2.16. The minimum absolute atomic E-state index is 0.554. The second-order valence-corrected chi connectivity index (χ2v) is 4.91. The number of anilines is 1. The van der Waals surface area contributed by atoms with E-state index in [1.807, 2.05) is 13.8 Å². The van der Waals surface area contributed by atoms with E-state index in [9.17, 15) is 0 Å². The molecule has 4 heteroatoms. The van der Waals surface area contributed by atoms with Crippen molar-refractivity contribution in [3.63, 3.8) is 0 Å². The molecule has 1 heterocycles. The number of halogens is 1. The van der Waals surface area contributed by atoms with E-state index < -0.39 is 0 Å². The molecule has 0 saturated heterocycles. The Morgan fingerprint density at radius 3 is 2.69 bits per heavy atom. The van der Waals surface area contributed by atoms with Gasteiger partial charge in [-0.3, -0.25) is 0 Å². The van der Waals surface area contributed by atoms with E-state index in [0.717, 1.165) is 29.7 Å². The quantitative estimate of drug-likeness (QED) is 0.819. The largest absolute Gasteiger partial charge is 0.370 e. The smallest absolute Gasteiger partial charge is 0.137 e. The van der Waals surface area contributed by atoms with Crippen LogP contribution < -0.4 is 5.32 Å². The summed E-state index contributed by atoms with van der Waals surface area (Å²) in [5.41, 5.74) is 0.945. The van der Waals surface area contributed by atoms with Gasteiger partial charge in [0.05, 0.1) is 0 Å². The fourth-order valence-corrected chi connectivity index (χ4v) is 2.15. The van der Waals surface area contributed by atoms with E-state index in [4.69, 9.17) is 11.6 Å². The van der Waals surface area contributed by atoms with Crippen LogP contribution in [-0.4, -0.2) is 16.5 Å². The molecule has 0 atom stereocenters. The molecule has 0 bridgehead atoms. The average molecular weight is 240 g/mol. The molecule has 0 spiro atoms. The SMILES string of the molecule is Cc1nc(Cl)c(C)c(NCCC2CCC2)n1. The van der Waals surface area contributed by atoms with Crippen molar-refractivity contribution in [2.24, 2.45) is 5.92 Å². The van der Waals surface area contributed by atoms with Gasteiger partial charge in [-0.2, -0.15) is 0 Å². The first-order chi connectivity index (χ1) is 7.66. The number of aromatic nitrogens is 2. The first kappa shape index (κ1) is 11.6. The van der Waals surface area contributed by atoms with Crippen molar-refractivity contribution in [1.82, 2.24) is 9.97 Å². The number of nitrogens with zero attached hydrogens (tertiary/aromatic N) is 2. The van der Waals surface area contributed by atoms with Crippen LogP contribution in [0.15, 0.2) is 0 Å². The fraction of sp³-hybridized carbons (Fsp3) is 0.667. The number of nitrogens with one attached hydrogen (secondary N) is 1. The molecular formula is C12H18ClN3. The Kier molecular flexibility index (Phi) is 3.64. The van der Waals surface area contributed by atoms with Gasteiger partial charge in [-0.15, -0.1) is 0 Å². The first-order valence-electron chi connectivity index (χ1n) is 5.91. The van der Waals surface area contributed by atoms with Gasteiger partial charge in [0.25, 0.3) is 0 Å². The van der Waals surface area contributed by atoms with E-state index >= 15 is 0 Å². The predicted molar refractivity (Wildman–Crippen MR) is 67.0 cm³/mol. The third kappa shape index (κ3) is 2.64. The Morgan fingerprint density at radius 1 is 1.31 bits per heavy atom. The molecule has 0 aromatic carbocycles. The maximum Gasteiger partial charge on any atom is 0.137 e. The highest BCUT2D eigenvalue weighted by atomic mass is 35.5. The van der Waals surface area contributed by atoms with Crippen LogP contribution in [0.2, 0.25) is 5.15 Å². The van der Waals surface area contributed by atoms with E-state index in [2.05, 4.69) is 15.3 Å². The van der Waals surface area contributed by atoms with Crippen LogP contribution in [0.4, 0.5) is 5.82 Å². The summed E-state index contributed by atoms with van der Waals surface area (Å²) in [4.78, 5) is 8.49. The van der Waals surface area contributed by atoms with Crippen LogP contribution in [0.1, 0.15) is 37.1 Å². The topological polar surface area (TPSA) is 37.8 Å². The van der Waals surface area contributed by atoms with Gasteiger partial charge in [-0.25, -0.2) is 9.97 Å². The molecule has 3 nitrogen and oxygen atoms in total. The van der Waals surface area contributed by atoms with Gasteiger partial charge in [-0.05, 0) is 26.2 Å². The Morgan fingerprint density at radius 2 is 2.06 bits per heavy atom. The van der Waals surface area contributed by atoms with Crippen molar-refractivity contribution < 1.29 is 0 Å². The molecule has 1 aliphatic rings. The van der Waals surface area contributed by atoms with Crippen LogP contribution in [0.5, 0.6) is 0 Å². The van der Waals surface area contributed by atoms with Gasteiger partial charge in [0, 0.05) is 12.1 Å². The molecule has 1 aromatic rings. The normalized spacial score (nSPS) is 15.9. The molecule has 88 valence electrons. The van der Waals surface area contributed by atoms with Crippen LogP contribution in [0, 0.1) is 19.8 Å². The van der Waals surface area contributed by atoms with Crippen molar-refractivity contribution in [3.8, 4) is 0 Å². The lowest BCUT2D eigenvalue weighted by atomic mass is 9.83. The molecule has 1 N–H and O–H groups in total. The third-order valence-corrected chi connectivity index (χ3v) is 3.64. The summed E-state index contributed by atoms with van der Waals surface area (Å²) in [5, 5.41) is 3.91. The van der Waals surface area contributed by atoms with Crippen LogP contribution in [0.25, 0.3) is 0 Å². The van der Waals surface area contributed by atoms with Crippen molar-refractivity contribution in [3.05, 3.63) is 16.5 Å². The lowest BCUT2D eigenvalue weighted by Gasteiger charge is -2.25. The Hall–Kier alpha value is -0.830. The number of aryl methyl sites for hydroxylation is 1. The summed E-state index contributed by atoms with van der Waals surface area (Å²) < 4.78 is 0. The minimum atomic E-state index is 0.554. The molecular weight excluding hydrogens is 222 g/mol. The zero-order valence-corrected chi connectivity index (χ0v) is 10.6.